The summed E-state index contributed by atoms with van der Waals surface area (Å²) in [6.45, 7) is 0. The normalized spacial score (nSPS) is 11.2. The second-order valence-electron chi connectivity index (χ2n) is 5.88. The molecule has 25 heavy (non-hydrogen) atoms. The van der Waals surface area contributed by atoms with E-state index in [2.05, 4.69) is 44.8 Å². The predicted octanol–water partition coefficient (Wildman–Crippen LogP) is 4.61. The van der Waals surface area contributed by atoms with Crippen LogP contribution < -0.4 is 0 Å². The molecule has 5 aromatic rings. The zero-order chi connectivity index (χ0) is 16.6. The summed E-state index contributed by atoms with van der Waals surface area (Å²) in [5, 5.41) is 0. The summed E-state index contributed by atoms with van der Waals surface area (Å²) in [6.07, 6.45) is 9.42. The third kappa shape index (κ3) is 2.19. The summed E-state index contributed by atoms with van der Waals surface area (Å²) in [6, 6.07) is 18.4. The summed E-state index contributed by atoms with van der Waals surface area (Å²) in [5.41, 5.74) is 7.29. The van der Waals surface area contributed by atoms with Crippen LogP contribution in [0.25, 0.3) is 38.9 Å². The van der Waals surface area contributed by atoms with Gasteiger partial charge in [-0.2, -0.15) is 0 Å². The second kappa shape index (κ2) is 5.53. The molecule has 0 saturated carbocycles. The number of aromatic nitrogens is 4. The number of imidazole rings is 1. The van der Waals surface area contributed by atoms with Gasteiger partial charge in [-0.3, -0.25) is 14.4 Å². The Bertz CT molecular complexity index is 1180. The zero-order valence-electron chi connectivity index (χ0n) is 13.4. The maximum absolute atomic E-state index is 4.89. The molecular formula is C21H14N4. The first-order valence-corrected chi connectivity index (χ1v) is 8.12. The maximum atomic E-state index is 4.89. The molecule has 4 heterocycles. The fourth-order valence-corrected chi connectivity index (χ4v) is 3.28. The molecule has 1 aromatic carbocycles. The highest BCUT2D eigenvalue weighted by atomic mass is 15.0. The van der Waals surface area contributed by atoms with Crippen LogP contribution in [0.15, 0.2) is 85.6 Å². The van der Waals surface area contributed by atoms with Gasteiger partial charge in [0.05, 0.1) is 11.0 Å². The lowest BCUT2D eigenvalue weighted by Crippen LogP contribution is -1.93. The van der Waals surface area contributed by atoms with Crippen LogP contribution in [-0.2, 0) is 0 Å². The first-order chi connectivity index (χ1) is 12.4. The molecule has 118 valence electrons. The number of fused-ring (bicyclic) bond motifs is 3. The van der Waals surface area contributed by atoms with Crippen molar-refractivity contribution < 1.29 is 0 Å². The lowest BCUT2D eigenvalue weighted by molar-refractivity contribution is 1.22. The molecule has 4 heteroatoms. The fourth-order valence-electron chi connectivity index (χ4n) is 3.28. The van der Waals surface area contributed by atoms with Crippen molar-refractivity contribution in [3.8, 4) is 22.3 Å². The highest BCUT2D eigenvalue weighted by molar-refractivity contribution is 5.95. The number of hydrogen-bond donors (Lipinski definition) is 0. The summed E-state index contributed by atoms with van der Waals surface area (Å²) >= 11 is 0. The summed E-state index contributed by atoms with van der Waals surface area (Å²) in [7, 11) is 0. The molecule has 0 bridgehead atoms. The minimum absolute atomic E-state index is 0.926. The van der Waals surface area contributed by atoms with Crippen molar-refractivity contribution in [3.05, 3.63) is 85.6 Å². The lowest BCUT2D eigenvalue weighted by atomic mass is 9.98. The Kier molecular flexibility index (Phi) is 3.07. The molecule has 0 amide bonds. The summed E-state index contributed by atoms with van der Waals surface area (Å²) in [5.74, 6) is 0. The Morgan fingerprint density at radius 2 is 1.48 bits per heavy atom. The van der Waals surface area contributed by atoms with Gasteiger partial charge in [-0.15, -0.1) is 0 Å². The molecule has 0 radical (unpaired) electrons. The van der Waals surface area contributed by atoms with Crippen molar-refractivity contribution in [3.63, 3.8) is 0 Å². The Hall–Kier alpha value is -3.53. The van der Waals surface area contributed by atoms with Crippen LogP contribution in [0.3, 0.4) is 0 Å². The molecule has 5 rings (SSSR count). The van der Waals surface area contributed by atoms with Gasteiger partial charge in [-0.1, -0.05) is 24.3 Å². The van der Waals surface area contributed by atoms with E-state index < -0.39 is 0 Å². The standard InChI is InChI=1S/C21H14N4/c1-2-8-19-18(7-1)24-21-20(16-6-4-11-23-14-16)17(9-12-25(19)21)15-5-3-10-22-13-15/h1-14H. The van der Waals surface area contributed by atoms with Crippen molar-refractivity contribution in [1.82, 2.24) is 19.4 Å². The third-order valence-electron chi connectivity index (χ3n) is 4.40. The van der Waals surface area contributed by atoms with Crippen LogP contribution in [0.2, 0.25) is 0 Å². The van der Waals surface area contributed by atoms with Crippen LogP contribution in [0.5, 0.6) is 0 Å². The van der Waals surface area contributed by atoms with E-state index in [1.807, 2.05) is 42.7 Å². The first kappa shape index (κ1) is 13.9. The molecule has 4 nitrogen and oxygen atoms in total. The van der Waals surface area contributed by atoms with Crippen molar-refractivity contribution in [2.45, 2.75) is 0 Å². The van der Waals surface area contributed by atoms with Gasteiger partial charge in [-0.05, 0) is 35.9 Å². The number of nitrogens with zero attached hydrogens (tertiary/aromatic N) is 4. The van der Waals surface area contributed by atoms with E-state index in [1.165, 1.54) is 0 Å². The van der Waals surface area contributed by atoms with Crippen LogP contribution in [0.4, 0.5) is 0 Å². The Balaban J connectivity index is 1.93. The number of rotatable bonds is 2. The first-order valence-electron chi connectivity index (χ1n) is 8.12. The monoisotopic (exact) mass is 322 g/mol. The van der Waals surface area contributed by atoms with E-state index in [4.69, 9.17) is 4.98 Å². The van der Waals surface area contributed by atoms with Gasteiger partial charge < -0.3 is 0 Å². The Labute approximate surface area is 144 Å². The molecule has 0 fully saturated rings. The van der Waals surface area contributed by atoms with Gasteiger partial charge in [0.2, 0.25) is 0 Å². The van der Waals surface area contributed by atoms with Crippen molar-refractivity contribution >= 4 is 16.7 Å². The van der Waals surface area contributed by atoms with E-state index >= 15 is 0 Å². The van der Waals surface area contributed by atoms with Crippen molar-refractivity contribution in [2.75, 3.05) is 0 Å². The predicted molar refractivity (Wildman–Crippen MR) is 99.2 cm³/mol. The molecule has 0 unspecified atom stereocenters. The quantitative estimate of drug-likeness (QED) is 0.476. The minimum atomic E-state index is 0.926. The van der Waals surface area contributed by atoms with Gasteiger partial charge in [0.1, 0.15) is 5.65 Å². The van der Waals surface area contributed by atoms with Crippen molar-refractivity contribution in [2.24, 2.45) is 0 Å². The lowest BCUT2D eigenvalue weighted by Gasteiger charge is -2.11. The molecule has 0 N–H and O–H groups in total. The molecule has 0 aliphatic heterocycles. The topological polar surface area (TPSA) is 43.1 Å². The largest absolute Gasteiger partial charge is 0.299 e. The average Bonchev–Trinajstić information content (AvgIpc) is 3.07. The van der Waals surface area contributed by atoms with Crippen molar-refractivity contribution in [1.29, 1.82) is 0 Å². The van der Waals surface area contributed by atoms with E-state index in [9.17, 15) is 0 Å². The summed E-state index contributed by atoms with van der Waals surface area (Å²) < 4.78 is 2.14. The second-order valence-corrected chi connectivity index (χ2v) is 5.88. The van der Waals surface area contributed by atoms with Crippen LogP contribution >= 0.6 is 0 Å². The Morgan fingerprint density at radius 3 is 2.24 bits per heavy atom. The Morgan fingerprint density at radius 1 is 0.720 bits per heavy atom. The van der Waals surface area contributed by atoms with Crippen LogP contribution in [0, 0.1) is 0 Å². The molecule has 0 aliphatic rings. The minimum Gasteiger partial charge on any atom is -0.299 e. The van der Waals surface area contributed by atoms with E-state index in [0.29, 0.717) is 0 Å². The van der Waals surface area contributed by atoms with Gasteiger partial charge in [0.25, 0.3) is 0 Å². The zero-order valence-corrected chi connectivity index (χ0v) is 13.4. The third-order valence-corrected chi connectivity index (χ3v) is 4.40. The highest BCUT2D eigenvalue weighted by Gasteiger charge is 2.15. The van der Waals surface area contributed by atoms with E-state index in [-0.39, 0.29) is 0 Å². The van der Waals surface area contributed by atoms with Crippen LogP contribution in [0.1, 0.15) is 0 Å². The van der Waals surface area contributed by atoms with Gasteiger partial charge in [-0.25, -0.2) is 4.98 Å². The molecule has 0 aliphatic carbocycles. The highest BCUT2D eigenvalue weighted by Crippen LogP contribution is 2.35. The maximum Gasteiger partial charge on any atom is 0.146 e. The summed E-state index contributed by atoms with van der Waals surface area (Å²) in [4.78, 5) is 13.5. The van der Waals surface area contributed by atoms with Gasteiger partial charge in [0, 0.05) is 47.7 Å². The smallest absolute Gasteiger partial charge is 0.146 e. The SMILES string of the molecule is c1cncc(-c2ccn3c(nc4ccccc43)c2-c2cccnc2)c1. The van der Waals surface area contributed by atoms with Gasteiger partial charge in [0.15, 0.2) is 0 Å². The van der Waals surface area contributed by atoms with E-state index in [0.717, 1.165) is 38.9 Å². The molecule has 0 atom stereocenters. The number of para-hydroxylation sites is 2. The van der Waals surface area contributed by atoms with Crippen LogP contribution in [-0.4, -0.2) is 19.4 Å². The molecule has 4 aromatic heterocycles. The van der Waals surface area contributed by atoms with E-state index in [1.54, 1.807) is 12.4 Å². The number of hydrogen-bond acceptors (Lipinski definition) is 3. The van der Waals surface area contributed by atoms with Gasteiger partial charge >= 0.3 is 0 Å². The molecule has 0 saturated heterocycles. The number of pyridine rings is 3. The average molecular weight is 322 g/mol. The molecule has 0 spiro atoms. The molecular weight excluding hydrogens is 308 g/mol. The fraction of sp³-hybridized carbons (Fsp3) is 0. The number of benzene rings is 1.